The molecule has 1 aromatic heterocycles. The second-order valence-electron chi connectivity index (χ2n) is 6.46. The Bertz CT molecular complexity index is 706. The summed E-state index contributed by atoms with van der Waals surface area (Å²) >= 11 is 0. The Morgan fingerprint density at radius 2 is 2.08 bits per heavy atom. The Morgan fingerprint density at radius 3 is 2.84 bits per heavy atom. The molecule has 1 saturated heterocycles. The molecule has 0 radical (unpaired) electrons. The van der Waals surface area contributed by atoms with Crippen molar-refractivity contribution in [3.63, 3.8) is 0 Å². The fourth-order valence-electron chi connectivity index (χ4n) is 2.89. The number of benzene rings is 1. The second-order valence-corrected chi connectivity index (χ2v) is 6.46. The number of carbonyl (C=O) groups excluding carboxylic acids is 1. The number of ether oxygens (including phenoxy) is 1. The molecule has 0 bridgehead atoms. The first-order chi connectivity index (χ1) is 12.1. The second kappa shape index (κ2) is 7.96. The number of hydrogen-bond acceptors (Lipinski definition) is 5. The number of nitrogens with zero attached hydrogens (tertiary/aromatic N) is 4. The van der Waals surface area contributed by atoms with Gasteiger partial charge in [-0.15, -0.1) is 0 Å². The largest absolute Gasteiger partial charge is 0.471 e. The van der Waals surface area contributed by atoms with Crippen molar-refractivity contribution in [2.75, 3.05) is 32.1 Å². The normalized spacial score (nSPS) is 16.7. The molecule has 0 N–H and O–H groups in total. The van der Waals surface area contributed by atoms with Crippen LogP contribution in [-0.4, -0.2) is 54.1 Å². The summed E-state index contributed by atoms with van der Waals surface area (Å²) in [4.78, 5) is 24.7. The molecule has 1 aromatic carbocycles. The van der Waals surface area contributed by atoms with E-state index in [1.165, 1.54) is 5.56 Å². The zero-order chi connectivity index (χ0) is 17.6. The number of rotatable bonds is 6. The Kier molecular flexibility index (Phi) is 5.48. The number of aromatic nitrogens is 2. The van der Waals surface area contributed by atoms with Crippen molar-refractivity contribution in [2.24, 2.45) is 0 Å². The molecule has 1 unspecified atom stereocenters. The Balaban J connectivity index is 1.49. The summed E-state index contributed by atoms with van der Waals surface area (Å²) in [6, 6.07) is 10.1. The van der Waals surface area contributed by atoms with Gasteiger partial charge in [0, 0.05) is 33.5 Å². The van der Waals surface area contributed by atoms with E-state index in [0.717, 1.165) is 25.2 Å². The van der Waals surface area contributed by atoms with E-state index in [9.17, 15) is 4.79 Å². The van der Waals surface area contributed by atoms with Crippen LogP contribution in [0.3, 0.4) is 0 Å². The maximum Gasteiger partial charge on any atom is 0.234 e. The number of hydrogen-bond donors (Lipinski definition) is 0. The van der Waals surface area contributed by atoms with Crippen molar-refractivity contribution >= 4 is 11.7 Å². The van der Waals surface area contributed by atoms with E-state index in [1.54, 1.807) is 12.4 Å². The van der Waals surface area contributed by atoms with Gasteiger partial charge in [0.15, 0.2) is 5.82 Å². The first-order valence-electron chi connectivity index (χ1n) is 8.59. The highest BCUT2D eigenvalue weighted by molar-refractivity contribution is 5.76. The molecular formula is C19H24N4O2. The molecule has 2 aromatic rings. The summed E-state index contributed by atoms with van der Waals surface area (Å²) in [5.41, 5.74) is 1.19. The van der Waals surface area contributed by atoms with E-state index in [-0.39, 0.29) is 12.0 Å². The Labute approximate surface area is 148 Å². The molecule has 3 rings (SSSR count). The van der Waals surface area contributed by atoms with Crippen molar-refractivity contribution < 1.29 is 9.53 Å². The number of aryl methyl sites for hydroxylation is 1. The highest BCUT2D eigenvalue weighted by Gasteiger charge is 2.27. The van der Waals surface area contributed by atoms with Gasteiger partial charge in [-0.05, 0) is 12.0 Å². The third kappa shape index (κ3) is 4.68. The average Bonchev–Trinajstić information content (AvgIpc) is 3.09. The van der Waals surface area contributed by atoms with Crippen molar-refractivity contribution in [1.82, 2.24) is 14.9 Å². The van der Waals surface area contributed by atoms with Gasteiger partial charge in [0.1, 0.15) is 6.10 Å². The molecular weight excluding hydrogens is 316 g/mol. The predicted molar refractivity (Wildman–Crippen MR) is 96.7 cm³/mol. The summed E-state index contributed by atoms with van der Waals surface area (Å²) in [5.74, 6) is 1.45. The van der Waals surface area contributed by atoms with Crippen molar-refractivity contribution in [3.8, 4) is 5.88 Å². The van der Waals surface area contributed by atoms with Gasteiger partial charge in [-0.2, -0.15) is 4.98 Å². The molecule has 0 spiro atoms. The topological polar surface area (TPSA) is 58.6 Å². The number of amides is 1. The highest BCUT2D eigenvalue weighted by Crippen LogP contribution is 2.19. The lowest BCUT2D eigenvalue weighted by Gasteiger charge is -2.17. The molecule has 1 aliphatic heterocycles. The van der Waals surface area contributed by atoms with Crippen LogP contribution in [0.1, 0.15) is 18.4 Å². The van der Waals surface area contributed by atoms with Crippen molar-refractivity contribution in [2.45, 2.75) is 25.4 Å². The van der Waals surface area contributed by atoms with Gasteiger partial charge in [-0.25, -0.2) is 0 Å². The lowest BCUT2D eigenvalue weighted by molar-refractivity contribution is -0.130. The lowest BCUT2D eigenvalue weighted by atomic mass is 10.1. The van der Waals surface area contributed by atoms with E-state index < -0.39 is 0 Å². The van der Waals surface area contributed by atoms with Gasteiger partial charge in [0.05, 0.1) is 18.9 Å². The fraction of sp³-hybridized carbons (Fsp3) is 0.421. The predicted octanol–water partition coefficient (Wildman–Crippen LogP) is 2.16. The standard InChI is InChI=1S/C19H24N4O2/c1-22(2)17-12-20-13-18(21-17)25-16-10-11-23(14-16)19(24)9-8-15-6-4-3-5-7-15/h3-7,12-13,16H,8-11,14H2,1-2H3. The van der Waals surface area contributed by atoms with Gasteiger partial charge < -0.3 is 14.5 Å². The minimum absolute atomic E-state index is 0.0209. The van der Waals surface area contributed by atoms with Crippen LogP contribution in [0.5, 0.6) is 5.88 Å². The molecule has 1 amide bonds. The summed E-state index contributed by atoms with van der Waals surface area (Å²) in [7, 11) is 3.83. The maximum absolute atomic E-state index is 12.4. The van der Waals surface area contributed by atoms with Gasteiger partial charge in [0.25, 0.3) is 0 Å². The summed E-state index contributed by atoms with van der Waals surface area (Å²) in [6.45, 7) is 1.35. The molecule has 1 atom stereocenters. The summed E-state index contributed by atoms with van der Waals surface area (Å²) in [6.07, 6.45) is 5.43. The molecule has 0 saturated carbocycles. The van der Waals surface area contributed by atoms with Crippen LogP contribution in [0, 0.1) is 0 Å². The van der Waals surface area contributed by atoms with Crippen molar-refractivity contribution in [1.29, 1.82) is 0 Å². The van der Waals surface area contributed by atoms with Crippen LogP contribution < -0.4 is 9.64 Å². The molecule has 132 valence electrons. The summed E-state index contributed by atoms with van der Waals surface area (Å²) in [5, 5.41) is 0. The first-order valence-corrected chi connectivity index (χ1v) is 8.59. The molecule has 6 nitrogen and oxygen atoms in total. The van der Waals surface area contributed by atoms with E-state index >= 15 is 0 Å². The van der Waals surface area contributed by atoms with Crippen LogP contribution >= 0.6 is 0 Å². The monoisotopic (exact) mass is 340 g/mol. The minimum atomic E-state index is -0.0209. The number of carbonyl (C=O) groups is 1. The third-order valence-electron chi connectivity index (χ3n) is 4.31. The van der Waals surface area contributed by atoms with E-state index in [1.807, 2.05) is 42.1 Å². The van der Waals surface area contributed by atoms with Gasteiger partial charge in [-0.3, -0.25) is 9.78 Å². The Morgan fingerprint density at radius 1 is 1.28 bits per heavy atom. The number of likely N-dealkylation sites (tertiary alicyclic amines) is 1. The molecule has 25 heavy (non-hydrogen) atoms. The molecule has 6 heteroatoms. The quantitative estimate of drug-likeness (QED) is 0.806. The van der Waals surface area contributed by atoms with Gasteiger partial charge in [0.2, 0.25) is 11.8 Å². The molecule has 1 fully saturated rings. The average molecular weight is 340 g/mol. The van der Waals surface area contributed by atoms with Crippen LogP contribution in [0.4, 0.5) is 5.82 Å². The van der Waals surface area contributed by atoms with Crippen LogP contribution in [0.2, 0.25) is 0 Å². The van der Waals surface area contributed by atoms with E-state index in [0.29, 0.717) is 18.8 Å². The number of anilines is 1. The molecule has 2 heterocycles. The van der Waals surface area contributed by atoms with Crippen LogP contribution in [0.25, 0.3) is 0 Å². The van der Waals surface area contributed by atoms with Gasteiger partial charge in [-0.1, -0.05) is 30.3 Å². The lowest BCUT2D eigenvalue weighted by Crippen LogP contribution is -2.31. The van der Waals surface area contributed by atoms with E-state index in [4.69, 9.17) is 4.74 Å². The van der Waals surface area contributed by atoms with Crippen LogP contribution in [0.15, 0.2) is 42.7 Å². The highest BCUT2D eigenvalue weighted by atomic mass is 16.5. The Hall–Kier alpha value is -2.63. The fourth-order valence-corrected chi connectivity index (χ4v) is 2.89. The SMILES string of the molecule is CN(C)c1cncc(OC2CCN(C(=O)CCc3ccccc3)C2)n1. The van der Waals surface area contributed by atoms with Crippen LogP contribution in [-0.2, 0) is 11.2 Å². The molecule has 1 aliphatic rings. The zero-order valence-electron chi connectivity index (χ0n) is 14.8. The first kappa shape index (κ1) is 17.2. The van der Waals surface area contributed by atoms with Crippen molar-refractivity contribution in [3.05, 3.63) is 48.3 Å². The van der Waals surface area contributed by atoms with E-state index in [2.05, 4.69) is 22.1 Å². The smallest absolute Gasteiger partial charge is 0.234 e. The minimum Gasteiger partial charge on any atom is -0.471 e. The zero-order valence-corrected chi connectivity index (χ0v) is 14.8. The van der Waals surface area contributed by atoms with Gasteiger partial charge >= 0.3 is 0 Å². The maximum atomic E-state index is 12.4. The third-order valence-corrected chi connectivity index (χ3v) is 4.31. The summed E-state index contributed by atoms with van der Waals surface area (Å²) < 4.78 is 5.92. The molecule has 0 aliphatic carbocycles.